The lowest BCUT2D eigenvalue weighted by molar-refractivity contribution is -0.142. The van der Waals surface area contributed by atoms with Gasteiger partial charge in [0.15, 0.2) is 0 Å². The number of carbonyl (C=O) groups excluding carboxylic acids is 9. The van der Waals surface area contributed by atoms with E-state index in [0.717, 1.165) is 0 Å². The second kappa shape index (κ2) is 35.2. The van der Waals surface area contributed by atoms with Crippen LogP contribution in [0.4, 0.5) is 0 Å². The molecular formula is C44H76N12O17. The quantitative estimate of drug-likeness (QED) is 0.0258. The lowest BCUT2D eigenvalue weighted by Crippen LogP contribution is -2.60. The van der Waals surface area contributed by atoms with Crippen LogP contribution in [0.5, 0.6) is 0 Å². The summed E-state index contributed by atoms with van der Waals surface area (Å²) in [5.41, 5.74) is 16.7. The maximum absolute atomic E-state index is 13.6. The van der Waals surface area contributed by atoms with E-state index in [1.807, 2.05) is 0 Å². The average molecular weight is 1050 g/mol. The Kier molecular flexibility index (Phi) is 31.8. The van der Waals surface area contributed by atoms with Crippen molar-refractivity contribution in [3.63, 3.8) is 0 Å². The van der Waals surface area contributed by atoms with E-state index < -0.39 is 176 Å². The molecule has 29 heteroatoms. The molecule has 19 N–H and O–H groups in total. The summed E-state index contributed by atoms with van der Waals surface area (Å²) in [6.45, 7) is 6.95. The highest BCUT2D eigenvalue weighted by molar-refractivity contribution is 5.98. The second-order valence-electron chi connectivity index (χ2n) is 17.9. The zero-order valence-corrected chi connectivity index (χ0v) is 41.9. The Morgan fingerprint density at radius 1 is 0.425 bits per heavy atom. The molecule has 8 atom stereocenters. The van der Waals surface area contributed by atoms with Gasteiger partial charge < -0.3 is 85.5 Å². The molecule has 0 aliphatic rings. The molecule has 73 heavy (non-hydrogen) atoms. The minimum Gasteiger partial charge on any atom is -0.481 e. The van der Waals surface area contributed by atoms with Gasteiger partial charge in [-0.15, -0.1) is 0 Å². The van der Waals surface area contributed by atoms with Gasteiger partial charge in [0.1, 0.15) is 42.3 Å². The molecule has 414 valence electrons. The van der Waals surface area contributed by atoms with E-state index >= 15 is 0 Å². The number of unbranched alkanes of at least 4 members (excludes halogenated alkanes) is 2. The molecule has 0 bridgehead atoms. The number of hydrogen-bond acceptors (Lipinski definition) is 16. The minimum absolute atomic E-state index is 0.00303. The summed E-state index contributed by atoms with van der Waals surface area (Å²) in [7, 11) is 0. The van der Waals surface area contributed by atoms with Gasteiger partial charge in [-0.3, -0.25) is 57.5 Å². The van der Waals surface area contributed by atoms with E-state index in [1.165, 1.54) is 6.92 Å². The van der Waals surface area contributed by atoms with E-state index in [-0.39, 0.29) is 31.7 Å². The number of carboxylic acids is 4. The van der Waals surface area contributed by atoms with Crippen molar-refractivity contribution >= 4 is 77.0 Å². The summed E-state index contributed by atoms with van der Waals surface area (Å²) in [5.74, 6) is -15.5. The van der Waals surface area contributed by atoms with E-state index in [0.29, 0.717) is 32.2 Å². The molecule has 9 amide bonds. The maximum atomic E-state index is 13.6. The van der Waals surface area contributed by atoms with Crippen LogP contribution in [0.2, 0.25) is 0 Å². The number of amides is 9. The normalized spacial score (nSPS) is 14.3. The fourth-order valence-electron chi connectivity index (χ4n) is 6.64. The molecule has 0 saturated heterocycles. The van der Waals surface area contributed by atoms with Crippen LogP contribution < -0.4 is 65.1 Å². The zero-order chi connectivity index (χ0) is 56.0. The van der Waals surface area contributed by atoms with E-state index in [1.54, 1.807) is 27.7 Å². The van der Waals surface area contributed by atoms with Gasteiger partial charge in [-0.05, 0) is 89.6 Å². The largest absolute Gasteiger partial charge is 0.481 e. The molecule has 0 heterocycles. The third-order valence-electron chi connectivity index (χ3n) is 10.6. The molecule has 29 nitrogen and oxygen atoms in total. The van der Waals surface area contributed by atoms with Gasteiger partial charge in [-0.1, -0.05) is 27.7 Å². The van der Waals surface area contributed by atoms with Crippen LogP contribution in [-0.4, -0.2) is 172 Å². The molecule has 0 aromatic rings. The van der Waals surface area contributed by atoms with Gasteiger partial charge in [0, 0.05) is 12.8 Å². The predicted octanol–water partition coefficient (Wildman–Crippen LogP) is -4.79. The fraction of sp³-hybridized carbons (Fsp3) is 0.705. The van der Waals surface area contributed by atoms with Crippen LogP contribution in [0.25, 0.3) is 0 Å². The van der Waals surface area contributed by atoms with E-state index in [2.05, 4.69) is 47.9 Å². The Bertz CT molecular complexity index is 1920. The van der Waals surface area contributed by atoms with Crippen molar-refractivity contribution in [3.8, 4) is 0 Å². The first-order valence-corrected chi connectivity index (χ1v) is 23.8. The molecule has 0 aromatic carbocycles. The van der Waals surface area contributed by atoms with Crippen molar-refractivity contribution in [2.75, 3.05) is 26.2 Å². The number of aliphatic carboxylic acids is 4. The average Bonchev–Trinajstić information content (AvgIpc) is 3.29. The Morgan fingerprint density at radius 3 is 1.23 bits per heavy atom. The highest BCUT2D eigenvalue weighted by atomic mass is 16.4. The van der Waals surface area contributed by atoms with Crippen LogP contribution in [0, 0.1) is 11.8 Å². The van der Waals surface area contributed by atoms with Gasteiger partial charge in [-0.25, -0.2) is 4.79 Å². The zero-order valence-electron chi connectivity index (χ0n) is 41.9. The summed E-state index contributed by atoms with van der Waals surface area (Å²) in [5, 5.41) is 58.6. The number of nitrogens with one attached hydrogen (secondary N) is 9. The first-order valence-electron chi connectivity index (χ1n) is 23.8. The summed E-state index contributed by atoms with van der Waals surface area (Å²) in [6.07, 6.45) is -1.91. The molecule has 0 aliphatic carbocycles. The molecule has 0 unspecified atom stereocenters. The van der Waals surface area contributed by atoms with Crippen LogP contribution >= 0.6 is 0 Å². The molecular weight excluding hydrogens is 969 g/mol. The molecule has 0 aromatic heterocycles. The molecule has 0 rings (SSSR count). The summed E-state index contributed by atoms with van der Waals surface area (Å²) in [4.78, 5) is 165. The Hall–Kier alpha value is -7.01. The van der Waals surface area contributed by atoms with Crippen molar-refractivity contribution in [2.45, 2.75) is 160 Å². The van der Waals surface area contributed by atoms with Crippen LogP contribution in [0.3, 0.4) is 0 Å². The SMILES string of the molecule is CC(C)C[C@H](NC(=O)CNC(=O)[C@H](CCC(=O)O)NC(=O)[C@H](CC(=O)O)NC(=O)[C@H](CCC(=O)O)NC(=O)[C@@H](NC(=O)[C@H](C)N)C(C)C)C(=O)N[C@@H](CCCCN)C(=O)NCC(=O)N[C@@H](CCCCN)C(=O)O. The maximum Gasteiger partial charge on any atom is 0.326 e. The number of hydrogen-bond donors (Lipinski definition) is 16. The Labute approximate surface area is 422 Å². The summed E-state index contributed by atoms with van der Waals surface area (Å²) < 4.78 is 0. The monoisotopic (exact) mass is 1040 g/mol. The van der Waals surface area contributed by atoms with Gasteiger partial charge in [0.05, 0.1) is 25.6 Å². The molecule has 0 radical (unpaired) electrons. The number of rotatable bonds is 38. The third kappa shape index (κ3) is 28.6. The lowest BCUT2D eigenvalue weighted by Gasteiger charge is -2.27. The predicted molar refractivity (Wildman–Crippen MR) is 257 cm³/mol. The molecule has 0 spiro atoms. The van der Waals surface area contributed by atoms with Crippen molar-refractivity contribution < 1.29 is 82.8 Å². The van der Waals surface area contributed by atoms with Crippen LogP contribution in [-0.2, 0) is 62.3 Å². The van der Waals surface area contributed by atoms with Crippen molar-refractivity contribution in [1.29, 1.82) is 0 Å². The van der Waals surface area contributed by atoms with Gasteiger partial charge in [-0.2, -0.15) is 0 Å². The standard InChI is InChI=1S/C44H76N12O17/c1-22(2)18-29(41(69)52-25(10-6-8-16-45)38(66)48-20-31(57)50-28(44(72)73)11-7-9-17-46)51-32(58)21-49-39(67)26(12-14-33(59)60)53-42(70)30(19-35(63)64)55-40(68)27(13-15-34(61)62)54-43(71)36(23(3)4)56-37(65)24(5)47/h22-30,36H,6-21,45-47H2,1-5H3,(H,48,66)(H,49,67)(H,50,57)(H,51,58)(H,52,69)(H,53,70)(H,54,71)(H,55,68)(H,56,65)(H,59,60)(H,61,62)(H,63,64)(H,72,73)/t24-,25-,26-,27-,28-,29-,30-,36-/m0/s1. The van der Waals surface area contributed by atoms with Crippen molar-refractivity contribution in [2.24, 2.45) is 29.0 Å². The van der Waals surface area contributed by atoms with Crippen LogP contribution in [0.1, 0.15) is 112 Å². The Morgan fingerprint density at radius 2 is 0.822 bits per heavy atom. The third-order valence-corrected chi connectivity index (χ3v) is 10.6. The number of carboxylic acid groups (broad SMARTS) is 4. The smallest absolute Gasteiger partial charge is 0.326 e. The van der Waals surface area contributed by atoms with E-state index in [4.69, 9.17) is 17.2 Å². The first-order chi connectivity index (χ1) is 34.1. The van der Waals surface area contributed by atoms with Gasteiger partial charge >= 0.3 is 23.9 Å². The number of carbonyl (C=O) groups is 13. The number of nitrogens with two attached hydrogens (primary N) is 3. The summed E-state index contributed by atoms with van der Waals surface area (Å²) >= 11 is 0. The second-order valence-corrected chi connectivity index (χ2v) is 17.9. The van der Waals surface area contributed by atoms with E-state index in [9.17, 15) is 82.8 Å². The highest BCUT2D eigenvalue weighted by Gasteiger charge is 2.35. The van der Waals surface area contributed by atoms with Crippen molar-refractivity contribution in [3.05, 3.63) is 0 Å². The minimum atomic E-state index is -2.02. The molecule has 0 aliphatic heterocycles. The summed E-state index contributed by atoms with van der Waals surface area (Å²) in [6, 6.07) is -11.7. The molecule has 0 fully saturated rings. The van der Waals surface area contributed by atoms with Gasteiger partial charge in [0.2, 0.25) is 53.2 Å². The highest BCUT2D eigenvalue weighted by Crippen LogP contribution is 2.10. The lowest BCUT2D eigenvalue weighted by atomic mass is 10.0. The first kappa shape index (κ1) is 66.0. The Balaban J connectivity index is 6.24. The fourth-order valence-corrected chi connectivity index (χ4v) is 6.64. The van der Waals surface area contributed by atoms with Crippen LogP contribution in [0.15, 0.2) is 0 Å². The topological polar surface area (TPSA) is 489 Å². The van der Waals surface area contributed by atoms with Gasteiger partial charge in [0.25, 0.3) is 0 Å². The molecule has 0 saturated carbocycles. The van der Waals surface area contributed by atoms with Crippen molar-refractivity contribution in [1.82, 2.24) is 47.9 Å².